The smallest absolute Gasteiger partial charge is 0.232 e. The Morgan fingerprint density at radius 1 is 1.29 bits per heavy atom. The predicted molar refractivity (Wildman–Crippen MR) is 82.6 cm³/mol. The molecule has 6 nitrogen and oxygen atoms in total. The summed E-state index contributed by atoms with van der Waals surface area (Å²) in [6.45, 7) is 8.38. The molecular weight excluding hydrogens is 288 g/mol. The minimum atomic E-state index is 0.0192. The van der Waals surface area contributed by atoms with Crippen molar-refractivity contribution in [1.82, 2.24) is 19.9 Å². The van der Waals surface area contributed by atoms with Gasteiger partial charge in [0.05, 0.1) is 0 Å². The van der Waals surface area contributed by atoms with E-state index in [4.69, 9.17) is 11.6 Å². The third-order valence-corrected chi connectivity index (χ3v) is 3.66. The van der Waals surface area contributed by atoms with Crippen LogP contribution in [0.15, 0.2) is 30.7 Å². The van der Waals surface area contributed by atoms with Crippen LogP contribution in [-0.4, -0.2) is 19.9 Å². The summed E-state index contributed by atoms with van der Waals surface area (Å²) in [5.74, 6) is 1.80. The van der Waals surface area contributed by atoms with Crippen molar-refractivity contribution < 1.29 is 0 Å². The second kappa shape index (κ2) is 4.96. The van der Waals surface area contributed by atoms with E-state index in [1.807, 2.05) is 12.1 Å². The van der Waals surface area contributed by atoms with Crippen molar-refractivity contribution in [1.29, 1.82) is 0 Å². The molecule has 0 atom stereocenters. The Morgan fingerprint density at radius 3 is 2.86 bits per heavy atom. The highest BCUT2D eigenvalue weighted by Gasteiger charge is 2.29. The maximum Gasteiger partial charge on any atom is 0.232 e. The molecule has 108 valence electrons. The first-order valence-corrected chi connectivity index (χ1v) is 6.90. The SMILES string of the molecule is C=C1Nc2nc(Nc3ncnc(Cl)n3)ccc2CC1(C)C. The lowest BCUT2D eigenvalue weighted by Crippen LogP contribution is -2.28. The molecule has 0 aromatic carbocycles. The molecule has 1 aliphatic rings. The molecule has 0 spiro atoms. The van der Waals surface area contributed by atoms with E-state index in [1.165, 1.54) is 6.33 Å². The fourth-order valence-corrected chi connectivity index (χ4v) is 2.28. The summed E-state index contributed by atoms with van der Waals surface area (Å²) in [4.78, 5) is 16.2. The van der Waals surface area contributed by atoms with Crippen molar-refractivity contribution in [3.8, 4) is 0 Å². The van der Waals surface area contributed by atoms with E-state index in [2.05, 4.69) is 51.0 Å². The number of aromatic nitrogens is 4. The first-order chi connectivity index (χ1) is 9.94. The number of halogens is 1. The van der Waals surface area contributed by atoms with Crippen LogP contribution in [0.5, 0.6) is 0 Å². The van der Waals surface area contributed by atoms with E-state index >= 15 is 0 Å². The second-order valence-corrected chi connectivity index (χ2v) is 5.91. The molecule has 7 heteroatoms. The summed E-state index contributed by atoms with van der Waals surface area (Å²) >= 11 is 5.73. The molecule has 2 N–H and O–H groups in total. The Balaban J connectivity index is 1.87. The van der Waals surface area contributed by atoms with Gasteiger partial charge in [-0.15, -0.1) is 0 Å². The van der Waals surface area contributed by atoms with Gasteiger partial charge in [0.15, 0.2) is 0 Å². The van der Waals surface area contributed by atoms with Crippen molar-refractivity contribution >= 4 is 29.2 Å². The Labute approximate surface area is 127 Å². The van der Waals surface area contributed by atoms with Gasteiger partial charge in [0.1, 0.15) is 18.0 Å². The normalized spacial score (nSPS) is 16.0. The first-order valence-electron chi connectivity index (χ1n) is 6.52. The Bertz CT molecular complexity index is 712. The lowest BCUT2D eigenvalue weighted by molar-refractivity contribution is 0.438. The molecule has 1 aliphatic heterocycles. The highest BCUT2D eigenvalue weighted by Crippen LogP contribution is 2.37. The number of hydrogen-bond acceptors (Lipinski definition) is 6. The number of pyridine rings is 1. The third-order valence-electron chi connectivity index (χ3n) is 3.48. The molecule has 0 saturated heterocycles. The maximum atomic E-state index is 5.73. The predicted octanol–water partition coefficient (Wildman–Crippen LogP) is 3.17. The second-order valence-electron chi connectivity index (χ2n) is 5.57. The molecule has 0 aliphatic carbocycles. The summed E-state index contributed by atoms with van der Waals surface area (Å²) < 4.78 is 0. The van der Waals surface area contributed by atoms with Gasteiger partial charge in [-0.05, 0) is 29.7 Å². The van der Waals surface area contributed by atoms with Crippen molar-refractivity contribution in [3.05, 3.63) is 41.6 Å². The van der Waals surface area contributed by atoms with Gasteiger partial charge in [-0.1, -0.05) is 26.5 Å². The molecule has 0 amide bonds. The van der Waals surface area contributed by atoms with Gasteiger partial charge in [-0.25, -0.2) is 15.0 Å². The number of nitrogens with zero attached hydrogens (tertiary/aromatic N) is 4. The van der Waals surface area contributed by atoms with Gasteiger partial charge in [-0.3, -0.25) is 0 Å². The van der Waals surface area contributed by atoms with Crippen LogP contribution in [0.4, 0.5) is 17.6 Å². The molecule has 0 bridgehead atoms. The van der Waals surface area contributed by atoms with E-state index in [1.54, 1.807) is 0 Å². The Hall–Kier alpha value is -2.21. The van der Waals surface area contributed by atoms with Gasteiger partial charge < -0.3 is 10.6 Å². The molecule has 3 heterocycles. The average Bonchev–Trinajstić information content (AvgIpc) is 2.40. The van der Waals surface area contributed by atoms with Crippen LogP contribution in [-0.2, 0) is 6.42 Å². The van der Waals surface area contributed by atoms with Crippen LogP contribution >= 0.6 is 11.6 Å². The minimum Gasteiger partial charge on any atom is -0.344 e. The molecule has 0 unspecified atom stereocenters. The van der Waals surface area contributed by atoms with Crippen LogP contribution in [0, 0.1) is 5.41 Å². The molecule has 0 radical (unpaired) electrons. The molecule has 2 aromatic heterocycles. The third kappa shape index (κ3) is 2.80. The highest BCUT2D eigenvalue weighted by atomic mass is 35.5. The van der Waals surface area contributed by atoms with Crippen molar-refractivity contribution in [2.24, 2.45) is 5.41 Å². The number of anilines is 3. The molecule has 2 aromatic rings. The number of nitrogens with one attached hydrogen (secondary N) is 2. The zero-order valence-corrected chi connectivity index (χ0v) is 12.6. The standard InChI is InChI=1S/C14H15ClN6/c1-8-14(2,3)6-9-4-5-10(19-11(9)18-8)20-13-17-7-16-12(15)21-13/h4-5,7H,1,6H2,2-3H3,(H2,16,17,18,19,20,21). The fraction of sp³-hybridized carbons (Fsp3) is 0.286. The van der Waals surface area contributed by atoms with Crippen LogP contribution in [0.2, 0.25) is 5.28 Å². The molecule has 0 saturated carbocycles. The van der Waals surface area contributed by atoms with E-state index in [0.717, 1.165) is 23.5 Å². The van der Waals surface area contributed by atoms with Gasteiger partial charge >= 0.3 is 0 Å². The molecule has 0 fully saturated rings. The van der Waals surface area contributed by atoms with Gasteiger partial charge in [-0.2, -0.15) is 4.98 Å². The van der Waals surface area contributed by atoms with Crippen LogP contribution in [0.1, 0.15) is 19.4 Å². The monoisotopic (exact) mass is 302 g/mol. The largest absolute Gasteiger partial charge is 0.344 e. The number of fused-ring (bicyclic) bond motifs is 1. The van der Waals surface area contributed by atoms with E-state index in [9.17, 15) is 0 Å². The van der Waals surface area contributed by atoms with Crippen molar-refractivity contribution in [3.63, 3.8) is 0 Å². The van der Waals surface area contributed by atoms with Crippen LogP contribution in [0.3, 0.4) is 0 Å². The summed E-state index contributed by atoms with van der Waals surface area (Å²) in [5.41, 5.74) is 2.14. The van der Waals surface area contributed by atoms with E-state index in [0.29, 0.717) is 11.8 Å². The molecule has 3 rings (SSSR count). The topological polar surface area (TPSA) is 75.6 Å². The van der Waals surface area contributed by atoms with Gasteiger partial charge in [0.2, 0.25) is 11.2 Å². The Kier molecular flexibility index (Phi) is 3.25. The number of rotatable bonds is 2. The summed E-state index contributed by atoms with van der Waals surface area (Å²) in [7, 11) is 0. The highest BCUT2D eigenvalue weighted by molar-refractivity contribution is 6.28. The Morgan fingerprint density at radius 2 is 2.10 bits per heavy atom. The fourth-order valence-electron chi connectivity index (χ4n) is 2.15. The van der Waals surface area contributed by atoms with Gasteiger partial charge in [0.25, 0.3) is 0 Å². The average molecular weight is 303 g/mol. The van der Waals surface area contributed by atoms with E-state index in [-0.39, 0.29) is 10.7 Å². The maximum absolute atomic E-state index is 5.73. The number of allylic oxidation sites excluding steroid dienone is 1. The van der Waals surface area contributed by atoms with Crippen LogP contribution < -0.4 is 10.6 Å². The van der Waals surface area contributed by atoms with Gasteiger partial charge in [0, 0.05) is 11.1 Å². The molecule has 21 heavy (non-hydrogen) atoms. The van der Waals surface area contributed by atoms with Crippen molar-refractivity contribution in [2.75, 3.05) is 10.6 Å². The molecular formula is C14H15ClN6. The summed E-state index contributed by atoms with van der Waals surface area (Å²) in [6.07, 6.45) is 2.25. The first kappa shape index (κ1) is 13.8. The lowest BCUT2D eigenvalue weighted by Gasteiger charge is -2.34. The van der Waals surface area contributed by atoms with Crippen molar-refractivity contribution in [2.45, 2.75) is 20.3 Å². The summed E-state index contributed by atoms with van der Waals surface area (Å²) in [5, 5.41) is 6.40. The van der Waals surface area contributed by atoms with Crippen LogP contribution in [0.25, 0.3) is 0 Å². The van der Waals surface area contributed by atoms with E-state index < -0.39 is 0 Å². The minimum absolute atomic E-state index is 0.0192. The zero-order valence-electron chi connectivity index (χ0n) is 11.8. The lowest BCUT2D eigenvalue weighted by atomic mass is 9.80. The summed E-state index contributed by atoms with van der Waals surface area (Å²) in [6, 6.07) is 3.93. The quantitative estimate of drug-likeness (QED) is 0.887. The number of hydrogen-bond donors (Lipinski definition) is 2. The zero-order chi connectivity index (χ0) is 15.0.